The van der Waals surface area contributed by atoms with Crippen LogP contribution in [-0.4, -0.2) is 17.0 Å². The van der Waals surface area contributed by atoms with Crippen LogP contribution < -0.4 is 0 Å². The van der Waals surface area contributed by atoms with E-state index in [-0.39, 0.29) is 10.0 Å². The Kier molecular flexibility index (Phi) is 2.60. The lowest BCUT2D eigenvalue weighted by molar-refractivity contribution is -0.142. The molecule has 1 N–H and O–H groups in total. The van der Waals surface area contributed by atoms with Crippen LogP contribution >= 0.6 is 23.2 Å². The number of halogens is 5. The van der Waals surface area contributed by atoms with Crippen molar-refractivity contribution in [1.29, 1.82) is 0 Å². The molecular formula is C10H5Cl2F3O2. The normalized spacial score (nSPS) is 25.7. The third kappa shape index (κ3) is 1.60. The van der Waals surface area contributed by atoms with Crippen molar-refractivity contribution in [2.45, 2.75) is 17.8 Å². The molecule has 17 heavy (non-hydrogen) atoms. The van der Waals surface area contributed by atoms with E-state index in [1.165, 1.54) is 0 Å². The summed E-state index contributed by atoms with van der Waals surface area (Å²) in [6, 6.07) is 1.58. The topological polar surface area (TPSA) is 37.3 Å². The molecule has 0 bridgehead atoms. The SMILES string of the molecule is O=C(O)C1(c2cc(F)c(Cl)cc2Cl)CC1(F)F. The Morgan fingerprint density at radius 1 is 1.29 bits per heavy atom. The van der Waals surface area contributed by atoms with E-state index in [2.05, 4.69) is 0 Å². The van der Waals surface area contributed by atoms with Crippen molar-refractivity contribution in [2.24, 2.45) is 0 Å². The maximum Gasteiger partial charge on any atom is 0.320 e. The van der Waals surface area contributed by atoms with E-state index in [1.54, 1.807) is 0 Å². The number of aliphatic carboxylic acids is 1. The zero-order chi connectivity index (χ0) is 13.0. The highest BCUT2D eigenvalue weighted by molar-refractivity contribution is 6.35. The summed E-state index contributed by atoms with van der Waals surface area (Å²) in [5.41, 5.74) is -2.88. The minimum Gasteiger partial charge on any atom is -0.480 e. The molecule has 0 heterocycles. The predicted molar refractivity (Wildman–Crippen MR) is 55.3 cm³/mol. The van der Waals surface area contributed by atoms with Gasteiger partial charge >= 0.3 is 5.97 Å². The molecule has 0 amide bonds. The fraction of sp³-hybridized carbons (Fsp3) is 0.300. The van der Waals surface area contributed by atoms with Crippen molar-refractivity contribution in [3.63, 3.8) is 0 Å². The Hall–Kier alpha value is -0.940. The summed E-state index contributed by atoms with van der Waals surface area (Å²) in [7, 11) is 0. The second kappa shape index (κ2) is 3.53. The highest BCUT2D eigenvalue weighted by Gasteiger charge is 2.78. The summed E-state index contributed by atoms with van der Waals surface area (Å²) in [5.74, 6) is -6.14. The van der Waals surface area contributed by atoms with Crippen molar-refractivity contribution in [3.8, 4) is 0 Å². The average Bonchev–Trinajstić information content (AvgIpc) is 2.77. The molecule has 1 aromatic carbocycles. The molecule has 0 spiro atoms. The van der Waals surface area contributed by atoms with E-state index in [0.29, 0.717) is 6.07 Å². The number of alkyl halides is 2. The number of carboxylic acid groups (broad SMARTS) is 1. The van der Waals surface area contributed by atoms with Gasteiger partial charge in [-0.25, -0.2) is 13.2 Å². The molecule has 0 saturated heterocycles. The lowest BCUT2D eigenvalue weighted by atomic mass is 9.95. The Morgan fingerprint density at radius 3 is 2.24 bits per heavy atom. The summed E-state index contributed by atoms with van der Waals surface area (Å²) in [6.07, 6.45) is -0.893. The quantitative estimate of drug-likeness (QED) is 0.844. The van der Waals surface area contributed by atoms with Crippen molar-refractivity contribution >= 4 is 29.2 Å². The predicted octanol–water partition coefficient (Wildman–Crippen LogP) is 3.49. The van der Waals surface area contributed by atoms with Gasteiger partial charge in [0.1, 0.15) is 5.82 Å². The summed E-state index contributed by atoms with van der Waals surface area (Å²) in [5, 5.41) is 8.26. The molecule has 1 aromatic rings. The zero-order valence-corrected chi connectivity index (χ0v) is 9.62. The molecule has 7 heteroatoms. The lowest BCUT2D eigenvalue weighted by Crippen LogP contribution is -2.27. The van der Waals surface area contributed by atoms with Gasteiger partial charge in [0.15, 0.2) is 5.41 Å². The molecular weight excluding hydrogens is 280 g/mol. The van der Waals surface area contributed by atoms with Gasteiger partial charge in [0, 0.05) is 11.4 Å². The Labute approximate surface area is 104 Å². The fourth-order valence-electron chi connectivity index (χ4n) is 1.78. The first-order valence-corrected chi connectivity index (χ1v) is 5.24. The number of benzene rings is 1. The zero-order valence-electron chi connectivity index (χ0n) is 8.11. The molecule has 1 saturated carbocycles. The molecule has 1 atom stereocenters. The first kappa shape index (κ1) is 12.5. The summed E-state index contributed by atoms with van der Waals surface area (Å²) in [4.78, 5) is 11.0. The molecule has 92 valence electrons. The van der Waals surface area contributed by atoms with E-state index in [4.69, 9.17) is 28.3 Å². The van der Waals surface area contributed by atoms with E-state index >= 15 is 0 Å². The van der Waals surface area contributed by atoms with Crippen LogP contribution in [-0.2, 0) is 10.2 Å². The van der Waals surface area contributed by atoms with Gasteiger partial charge in [0.05, 0.1) is 5.02 Å². The highest BCUT2D eigenvalue weighted by Crippen LogP contribution is 2.63. The molecule has 1 aliphatic carbocycles. The number of hydrogen-bond donors (Lipinski definition) is 1. The Bertz CT molecular complexity index is 519. The first-order chi connectivity index (χ1) is 7.72. The van der Waals surface area contributed by atoms with Crippen LogP contribution in [0.1, 0.15) is 12.0 Å². The van der Waals surface area contributed by atoms with Crippen molar-refractivity contribution in [3.05, 3.63) is 33.6 Å². The molecule has 1 aliphatic rings. The van der Waals surface area contributed by atoms with Crippen LogP contribution in [0, 0.1) is 5.82 Å². The van der Waals surface area contributed by atoms with Crippen molar-refractivity contribution in [2.75, 3.05) is 0 Å². The van der Waals surface area contributed by atoms with Crippen LogP contribution in [0.4, 0.5) is 13.2 Å². The fourth-order valence-corrected chi connectivity index (χ4v) is 2.32. The van der Waals surface area contributed by atoms with Gasteiger partial charge < -0.3 is 5.11 Å². The average molecular weight is 285 g/mol. The van der Waals surface area contributed by atoms with E-state index < -0.39 is 35.1 Å². The van der Waals surface area contributed by atoms with Crippen LogP contribution in [0.2, 0.25) is 10.0 Å². The molecule has 0 radical (unpaired) electrons. The second-order valence-corrected chi connectivity index (χ2v) is 4.65. The minimum atomic E-state index is -3.43. The summed E-state index contributed by atoms with van der Waals surface area (Å²) in [6.45, 7) is 0. The second-order valence-electron chi connectivity index (χ2n) is 3.84. The van der Waals surface area contributed by atoms with E-state index in [1.807, 2.05) is 0 Å². The van der Waals surface area contributed by atoms with Crippen LogP contribution in [0.3, 0.4) is 0 Å². The summed E-state index contributed by atoms with van der Waals surface area (Å²) >= 11 is 11.1. The molecule has 0 aromatic heterocycles. The third-order valence-electron chi connectivity index (χ3n) is 2.82. The Balaban J connectivity index is 2.62. The van der Waals surface area contributed by atoms with Crippen LogP contribution in [0.5, 0.6) is 0 Å². The van der Waals surface area contributed by atoms with Gasteiger partial charge in [0.25, 0.3) is 5.92 Å². The van der Waals surface area contributed by atoms with Gasteiger partial charge in [-0.15, -0.1) is 0 Å². The first-order valence-electron chi connectivity index (χ1n) is 4.48. The number of hydrogen-bond acceptors (Lipinski definition) is 1. The molecule has 2 rings (SSSR count). The van der Waals surface area contributed by atoms with Crippen molar-refractivity contribution < 1.29 is 23.1 Å². The molecule has 2 nitrogen and oxygen atoms in total. The van der Waals surface area contributed by atoms with Gasteiger partial charge in [-0.05, 0) is 17.7 Å². The number of carbonyl (C=O) groups is 1. The number of rotatable bonds is 2. The molecule has 0 aliphatic heterocycles. The summed E-state index contributed by atoms with van der Waals surface area (Å²) < 4.78 is 39.6. The van der Waals surface area contributed by atoms with E-state index in [0.717, 1.165) is 6.07 Å². The largest absolute Gasteiger partial charge is 0.480 e. The highest BCUT2D eigenvalue weighted by atomic mass is 35.5. The monoisotopic (exact) mass is 284 g/mol. The van der Waals surface area contributed by atoms with Crippen LogP contribution in [0.25, 0.3) is 0 Å². The molecule has 1 fully saturated rings. The van der Waals surface area contributed by atoms with Gasteiger partial charge in [0.2, 0.25) is 0 Å². The number of carboxylic acids is 1. The maximum absolute atomic E-state index is 13.2. The third-order valence-corrected chi connectivity index (χ3v) is 3.42. The lowest BCUT2D eigenvalue weighted by Gasteiger charge is -2.14. The van der Waals surface area contributed by atoms with Gasteiger partial charge in [-0.2, -0.15) is 0 Å². The maximum atomic E-state index is 13.2. The standard InChI is InChI=1S/C10H5Cl2F3O2/c11-5-2-6(12)7(13)1-4(5)9(8(16)17)3-10(9,14)15/h1-2H,3H2,(H,16,17). The smallest absolute Gasteiger partial charge is 0.320 e. The van der Waals surface area contributed by atoms with Gasteiger partial charge in [-0.1, -0.05) is 23.2 Å². The van der Waals surface area contributed by atoms with Gasteiger partial charge in [-0.3, -0.25) is 4.79 Å². The minimum absolute atomic E-state index is 0.282. The van der Waals surface area contributed by atoms with E-state index in [9.17, 15) is 18.0 Å². The van der Waals surface area contributed by atoms with Crippen LogP contribution in [0.15, 0.2) is 12.1 Å². The Morgan fingerprint density at radius 2 is 1.82 bits per heavy atom. The van der Waals surface area contributed by atoms with Crippen molar-refractivity contribution in [1.82, 2.24) is 0 Å². The molecule has 1 unspecified atom stereocenters.